The number of nitrogens with one attached hydrogen (secondary N) is 1. The van der Waals surface area contributed by atoms with E-state index >= 15 is 0 Å². The van der Waals surface area contributed by atoms with Crippen LogP contribution >= 0.6 is 11.8 Å². The third-order valence-corrected chi connectivity index (χ3v) is 4.30. The van der Waals surface area contributed by atoms with Gasteiger partial charge in [-0.1, -0.05) is 30.0 Å². The number of amides is 1. The summed E-state index contributed by atoms with van der Waals surface area (Å²) in [5.74, 6) is 0.767. The maximum Gasteiger partial charge on any atom is 0.234 e. The number of hydrogen-bond acceptors (Lipinski definition) is 6. The molecule has 26 heavy (non-hydrogen) atoms. The van der Waals surface area contributed by atoms with Gasteiger partial charge in [-0.25, -0.2) is 0 Å². The van der Waals surface area contributed by atoms with E-state index in [1.807, 2.05) is 61.5 Å². The average molecular weight is 366 g/mol. The number of hydrogen-bond donors (Lipinski definition) is 1. The van der Waals surface area contributed by atoms with Gasteiger partial charge in [-0.3, -0.25) is 9.78 Å². The van der Waals surface area contributed by atoms with Gasteiger partial charge in [-0.2, -0.15) is 0 Å². The van der Waals surface area contributed by atoms with Gasteiger partial charge < -0.3 is 10.1 Å². The van der Waals surface area contributed by atoms with Crippen LogP contribution in [0.2, 0.25) is 0 Å². The molecule has 1 N–H and O–H groups in total. The van der Waals surface area contributed by atoms with E-state index in [-0.39, 0.29) is 11.7 Å². The lowest BCUT2D eigenvalue weighted by Crippen LogP contribution is -2.15. The monoisotopic (exact) mass is 366 g/mol. The highest BCUT2D eigenvalue weighted by Gasteiger charge is 2.09. The first-order valence-corrected chi connectivity index (χ1v) is 9.14. The molecular formula is C19H18N4O2S. The third-order valence-electron chi connectivity index (χ3n) is 3.38. The number of pyridine rings is 1. The zero-order valence-electron chi connectivity index (χ0n) is 14.3. The van der Waals surface area contributed by atoms with Crippen molar-refractivity contribution in [2.24, 2.45) is 0 Å². The van der Waals surface area contributed by atoms with Crippen LogP contribution in [0.3, 0.4) is 0 Å². The summed E-state index contributed by atoms with van der Waals surface area (Å²) >= 11 is 1.32. The predicted octanol–water partition coefficient (Wildman–Crippen LogP) is 3.67. The number of anilines is 1. The lowest BCUT2D eigenvalue weighted by Gasteiger charge is -2.10. The van der Waals surface area contributed by atoms with Crippen molar-refractivity contribution in [2.45, 2.75) is 11.9 Å². The van der Waals surface area contributed by atoms with Gasteiger partial charge in [0.1, 0.15) is 16.5 Å². The van der Waals surface area contributed by atoms with Crippen molar-refractivity contribution in [1.29, 1.82) is 0 Å². The Labute approximate surface area is 156 Å². The summed E-state index contributed by atoms with van der Waals surface area (Å²) in [7, 11) is 0. The normalized spacial score (nSPS) is 10.3. The molecule has 0 bridgehead atoms. The Balaban J connectivity index is 1.56. The fraction of sp³-hybridized carbons (Fsp3) is 0.158. The van der Waals surface area contributed by atoms with E-state index in [4.69, 9.17) is 4.74 Å². The van der Waals surface area contributed by atoms with Gasteiger partial charge in [0.15, 0.2) is 0 Å². The van der Waals surface area contributed by atoms with Crippen molar-refractivity contribution in [3.8, 4) is 17.1 Å². The van der Waals surface area contributed by atoms with Crippen LogP contribution in [0, 0.1) is 0 Å². The van der Waals surface area contributed by atoms with E-state index in [2.05, 4.69) is 20.5 Å². The van der Waals surface area contributed by atoms with E-state index in [9.17, 15) is 4.79 Å². The van der Waals surface area contributed by atoms with Crippen LogP contribution in [-0.4, -0.2) is 33.4 Å². The zero-order valence-corrected chi connectivity index (χ0v) is 15.1. The summed E-state index contributed by atoms with van der Waals surface area (Å²) < 4.78 is 5.51. The van der Waals surface area contributed by atoms with Crippen LogP contribution in [0.25, 0.3) is 11.4 Å². The van der Waals surface area contributed by atoms with Crippen LogP contribution in [-0.2, 0) is 4.79 Å². The van der Waals surface area contributed by atoms with Gasteiger partial charge in [-0.05, 0) is 43.3 Å². The lowest BCUT2D eigenvalue weighted by atomic mass is 10.2. The van der Waals surface area contributed by atoms with Crippen molar-refractivity contribution >= 4 is 23.4 Å². The van der Waals surface area contributed by atoms with Gasteiger partial charge in [0.25, 0.3) is 0 Å². The molecule has 6 nitrogen and oxygen atoms in total. The van der Waals surface area contributed by atoms with Gasteiger partial charge in [0, 0.05) is 6.20 Å². The topological polar surface area (TPSA) is 77.0 Å². The third kappa shape index (κ3) is 4.80. The smallest absolute Gasteiger partial charge is 0.234 e. The molecule has 0 saturated heterocycles. The molecule has 0 aliphatic rings. The van der Waals surface area contributed by atoms with Crippen molar-refractivity contribution in [1.82, 2.24) is 15.2 Å². The molecule has 0 aliphatic carbocycles. The Bertz CT molecular complexity index is 857. The Morgan fingerprint density at radius 3 is 2.62 bits per heavy atom. The standard InChI is InChI=1S/C19H18N4O2S/c1-2-25-17-9-4-3-8-16(17)21-18(24)13-26-19-11-10-15(22-23-19)14-7-5-6-12-20-14/h3-12H,2,13H2,1H3,(H,21,24). The molecule has 0 fully saturated rings. The largest absolute Gasteiger partial charge is 0.492 e. The maximum atomic E-state index is 12.2. The number of thioether (sulfide) groups is 1. The molecule has 1 amide bonds. The van der Waals surface area contributed by atoms with Crippen LogP contribution in [0.5, 0.6) is 5.75 Å². The minimum absolute atomic E-state index is 0.127. The zero-order chi connectivity index (χ0) is 18.2. The fourth-order valence-corrected chi connectivity index (χ4v) is 2.84. The second-order valence-corrected chi connectivity index (χ2v) is 6.23. The summed E-state index contributed by atoms with van der Waals surface area (Å²) in [5.41, 5.74) is 2.13. The Kier molecular flexibility index (Phi) is 6.16. The van der Waals surface area contributed by atoms with E-state index in [1.54, 1.807) is 6.20 Å². The van der Waals surface area contributed by atoms with Gasteiger partial charge in [-0.15, -0.1) is 10.2 Å². The molecule has 0 radical (unpaired) electrons. The molecule has 132 valence electrons. The Morgan fingerprint density at radius 1 is 1.04 bits per heavy atom. The molecule has 3 aromatic rings. The van der Waals surface area contributed by atoms with Gasteiger partial charge in [0.05, 0.1) is 23.7 Å². The summed E-state index contributed by atoms with van der Waals surface area (Å²) in [6.07, 6.45) is 1.71. The van der Waals surface area contributed by atoms with Crippen LogP contribution in [0.1, 0.15) is 6.92 Å². The van der Waals surface area contributed by atoms with Crippen LogP contribution in [0.15, 0.2) is 65.8 Å². The molecule has 0 saturated carbocycles. The summed E-state index contributed by atoms with van der Waals surface area (Å²) in [6, 6.07) is 16.7. The molecule has 7 heteroatoms. The number of para-hydroxylation sites is 2. The number of nitrogens with zero attached hydrogens (tertiary/aromatic N) is 3. The minimum atomic E-state index is -0.127. The van der Waals surface area contributed by atoms with E-state index in [1.165, 1.54) is 11.8 Å². The number of ether oxygens (including phenoxy) is 1. The number of carbonyl (C=O) groups excluding carboxylic acids is 1. The molecule has 3 rings (SSSR count). The first kappa shape index (κ1) is 17.9. The first-order valence-electron chi connectivity index (χ1n) is 8.16. The first-order chi connectivity index (χ1) is 12.8. The SMILES string of the molecule is CCOc1ccccc1NC(=O)CSc1ccc(-c2ccccn2)nn1. The number of benzene rings is 1. The molecular weight excluding hydrogens is 348 g/mol. The molecule has 0 aliphatic heterocycles. The summed E-state index contributed by atoms with van der Waals surface area (Å²) in [5, 5.41) is 11.9. The van der Waals surface area contributed by atoms with Crippen molar-refractivity contribution < 1.29 is 9.53 Å². The molecule has 0 unspecified atom stereocenters. The molecule has 0 spiro atoms. The number of rotatable bonds is 7. The van der Waals surface area contributed by atoms with Crippen LogP contribution in [0.4, 0.5) is 5.69 Å². The van der Waals surface area contributed by atoms with E-state index < -0.39 is 0 Å². The summed E-state index contributed by atoms with van der Waals surface area (Å²) in [6.45, 7) is 2.45. The van der Waals surface area contributed by atoms with Gasteiger partial charge in [0.2, 0.25) is 5.91 Å². The fourth-order valence-electron chi connectivity index (χ4n) is 2.22. The second kappa shape index (κ2) is 8.96. The molecule has 0 atom stereocenters. The number of carbonyl (C=O) groups is 1. The van der Waals surface area contributed by atoms with Gasteiger partial charge >= 0.3 is 0 Å². The van der Waals surface area contributed by atoms with Crippen molar-refractivity contribution in [3.05, 3.63) is 60.8 Å². The molecule has 2 heterocycles. The predicted molar refractivity (Wildman–Crippen MR) is 102 cm³/mol. The Hall–Kier alpha value is -2.93. The van der Waals surface area contributed by atoms with E-state index in [0.29, 0.717) is 28.8 Å². The van der Waals surface area contributed by atoms with Crippen LogP contribution < -0.4 is 10.1 Å². The average Bonchev–Trinajstić information content (AvgIpc) is 2.69. The lowest BCUT2D eigenvalue weighted by molar-refractivity contribution is -0.113. The minimum Gasteiger partial charge on any atom is -0.492 e. The number of aromatic nitrogens is 3. The Morgan fingerprint density at radius 2 is 1.88 bits per heavy atom. The van der Waals surface area contributed by atoms with Crippen molar-refractivity contribution in [2.75, 3.05) is 17.7 Å². The molecule has 1 aromatic carbocycles. The summed E-state index contributed by atoms with van der Waals surface area (Å²) in [4.78, 5) is 16.4. The maximum absolute atomic E-state index is 12.2. The second-order valence-electron chi connectivity index (χ2n) is 5.24. The highest BCUT2D eigenvalue weighted by Crippen LogP contribution is 2.24. The quantitative estimate of drug-likeness (QED) is 0.643. The highest BCUT2D eigenvalue weighted by atomic mass is 32.2. The molecule has 2 aromatic heterocycles. The highest BCUT2D eigenvalue weighted by molar-refractivity contribution is 7.99. The van der Waals surface area contributed by atoms with Crippen molar-refractivity contribution in [3.63, 3.8) is 0 Å². The van der Waals surface area contributed by atoms with E-state index in [0.717, 1.165) is 5.69 Å².